The molecule has 0 aliphatic rings. The minimum absolute atomic E-state index is 0.897. The van der Waals surface area contributed by atoms with Crippen LogP contribution in [0.3, 0.4) is 0 Å². The molecule has 0 aliphatic carbocycles. The summed E-state index contributed by atoms with van der Waals surface area (Å²) >= 11 is 0. The standard InChI is InChI=1S/C26H27N3/c1-29(2)19-11-18-27-26-23-17-10-9-16-22(23)24(20-12-5-3-6-13-20)25(28-26)21-14-7-4-8-15-21/h3-10,12-17H,11,18-19H2,1-2H3,(H,27,28). The molecule has 3 heteroatoms. The summed E-state index contributed by atoms with van der Waals surface area (Å²) in [6.45, 7) is 1.95. The van der Waals surface area contributed by atoms with E-state index in [-0.39, 0.29) is 0 Å². The molecular weight excluding hydrogens is 354 g/mol. The quantitative estimate of drug-likeness (QED) is 0.402. The van der Waals surface area contributed by atoms with Crippen LogP contribution < -0.4 is 5.32 Å². The van der Waals surface area contributed by atoms with Gasteiger partial charge in [0.05, 0.1) is 5.69 Å². The van der Waals surface area contributed by atoms with Crippen molar-refractivity contribution >= 4 is 16.6 Å². The Kier molecular flexibility index (Phi) is 5.87. The van der Waals surface area contributed by atoms with Gasteiger partial charge in [-0.3, -0.25) is 0 Å². The summed E-state index contributed by atoms with van der Waals surface area (Å²) in [5.41, 5.74) is 4.53. The fraction of sp³-hybridized carbons (Fsp3) is 0.192. The highest BCUT2D eigenvalue weighted by Crippen LogP contribution is 2.39. The van der Waals surface area contributed by atoms with Crippen molar-refractivity contribution in [2.24, 2.45) is 0 Å². The topological polar surface area (TPSA) is 28.2 Å². The number of aromatic nitrogens is 1. The Bertz CT molecular complexity index is 1070. The van der Waals surface area contributed by atoms with Gasteiger partial charge in [0.2, 0.25) is 0 Å². The zero-order valence-electron chi connectivity index (χ0n) is 17.1. The third-order valence-electron chi connectivity index (χ3n) is 5.10. The van der Waals surface area contributed by atoms with Crippen LogP contribution in [0.2, 0.25) is 0 Å². The monoisotopic (exact) mass is 381 g/mol. The van der Waals surface area contributed by atoms with Gasteiger partial charge in [0.25, 0.3) is 0 Å². The van der Waals surface area contributed by atoms with Crippen LogP contribution in [0.1, 0.15) is 6.42 Å². The average Bonchev–Trinajstić information content (AvgIpc) is 2.77. The Hall–Kier alpha value is -3.17. The summed E-state index contributed by atoms with van der Waals surface area (Å²) in [6, 6.07) is 29.6. The van der Waals surface area contributed by atoms with Gasteiger partial charge in [-0.05, 0) is 38.0 Å². The van der Waals surface area contributed by atoms with Gasteiger partial charge in [-0.1, -0.05) is 84.9 Å². The first-order valence-electron chi connectivity index (χ1n) is 10.2. The molecule has 4 rings (SSSR count). The predicted molar refractivity (Wildman–Crippen MR) is 124 cm³/mol. The van der Waals surface area contributed by atoms with Crippen molar-refractivity contribution < 1.29 is 0 Å². The van der Waals surface area contributed by atoms with Crippen molar-refractivity contribution in [3.63, 3.8) is 0 Å². The smallest absolute Gasteiger partial charge is 0.134 e. The lowest BCUT2D eigenvalue weighted by molar-refractivity contribution is 0.405. The van der Waals surface area contributed by atoms with Crippen LogP contribution in [0.5, 0.6) is 0 Å². The zero-order chi connectivity index (χ0) is 20.1. The van der Waals surface area contributed by atoms with Crippen molar-refractivity contribution in [2.75, 3.05) is 32.5 Å². The summed E-state index contributed by atoms with van der Waals surface area (Å²) in [5.74, 6) is 0.956. The van der Waals surface area contributed by atoms with Crippen LogP contribution in [-0.2, 0) is 0 Å². The lowest BCUT2D eigenvalue weighted by Crippen LogP contribution is -2.16. The molecule has 0 spiro atoms. The van der Waals surface area contributed by atoms with Crippen LogP contribution >= 0.6 is 0 Å². The first kappa shape index (κ1) is 19.2. The molecule has 3 aromatic carbocycles. The number of hydrogen-bond acceptors (Lipinski definition) is 3. The number of fused-ring (bicyclic) bond motifs is 1. The van der Waals surface area contributed by atoms with E-state index in [1.807, 2.05) is 6.07 Å². The number of anilines is 1. The van der Waals surface area contributed by atoms with Crippen molar-refractivity contribution in [1.29, 1.82) is 0 Å². The maximum Gasteiger partial charge on any atom is 0.134 e. The lowest BCUT2D eigenvalue weighted by atomic mass is 9.94. The number of nitrogens with zero attached hydrogens (tertiary/aromatic N) is 2. The van der Waals surface area contributed by atoms with E-state index in [4.69, 9.17) is 4.98 Å². The fourth-order valence-corrected chi connectivity index (χ4v) is 3.70. The third-order valence-corrected chi connectivity index (χ3v) is 5.10. The van der Waals surface area contributed by atoms with Crippen molar-refractivity contribution in [3.05, 3.63) is 84.9 Å². The van der Waals surface area contributed by atoms with Crippen LogP contribution in [-0.4, -0.2) is 37.1 Å². The highest BCUT2D eigenvalue weighted by Gasteiger charge is 2.16. The van der Waals surface area contributed by atoms with Crippen LogP contribution in [0, 0.1) is 0 Å². The predicted octanol–water partition coefficient (Wildman–Crippen LogP) is 5.93. The van der Waals surface area contributed by atoms with Crippen LogP contribution in [0.4, 0.5) is 5.82 Å². The van der Waals surface area contributed by atoms with Crippen molar-refractivity contribution in [3.8, 4) is 22.4 Å². The second kappa shape index (κ2) is 8.89. The SMILES string of the molecule is CN(C)CCCNc1nc(-c2ccccc2)c(-c2ccccc2)c2ccccc12. The molecule has 0 saturated carbocycles. The summed E-state index contributed by atoms with van der Waals surface area (Å²) in [4.78, 5) is 7.35. The maximum absolute atomic E-state index is 5.14. The van der Waals surface area contributed by atoms with E-state index >= 15 is 0 Å². The van der Waals surface area contributed by atoms with E-state index in [0.717, 1.165) is 42.0 Å². The normalized spacial score (nSPS) is 11.1. The maximum atomic E-state index is 5.14. The van der Waals surface area contributed by atoms with Gasteiger partial charge in [0.1, 0.15) is 5.82 Å². The van der Waals surface area contributed by atoms with Gasteiger partial charge < -0.3 is 10.2 Å². The lowest BCUT2D eigenvalue weighted by Gasteiger charge is -2.18. The van der Waals surface area contributed by atoms with E-state index in [9.17, 15) is 0 Å². The fourth-order valence-electron chi connectivity index (χ4n) is 3.70. The molecule has 29 heavy (non-hydrogen) atoms. The molecular formula is C26H27N3. The molecule has 0 bridgehead atoms. The van der Waals surface area contributed by atoms with E-state index < -0.39 is 0 Å². The molecule has 4 aromatic rings. The van der Waals surface area contributed by atoms with Crippen molar-refractivity contribution in [1.82, 2.24) is 9.88 Å². The second-order valence-corrected chi connectivity index (χ2v) is 7.55. The zero-order valence-corrected chi connectivity index (χ0v) is 17.1. The first-order valence-corrected chi connectivity index (χ1v) is 10.2. The summed E-state index contributed by atoms with van der Waals surface area (Å²) in [5, 5.41) is 5.98. The molecule has 1 N–H and O–H groups in total. The Morgan fingerprint density at radius 1 is 0.724 bits per heavy atom. The molecule has 0 amide bonds. The van der Waals surface area contributed by atoms with Crippen LogP contribution in [0.25, 0.3) is 33.2 Å². The third kappa shape index (κ3) is 4.30. The van der Waals surface area contributed by atoms with Gasteiger partial charge in [0.15, 0.2) is 0 Å². The number of nitrogens with one attached hydrogen (secondary N) is 1. The Labute approximate surface area is 173 Å². The van der Waals surface area contributed by atoms with E-state index in [1.165, 1.54) is 16.5 Å². The molecule has 1 aromatic heterocycles. The molecule has 0 saturated heterocycles. The molecule has 0 aliphatic heterocycles. The first-order chi connectivity index (χ1) is 14.2. The largest absolute Gasteiger partial charge is 0.369 e. The van der Waals surface area contributed by atoms with Crippen LogP contribution in [0.15, 0.2) is 84.9 Å². The van der Waals surface area contributed by atoms with E-state index in [0.29, 0.717) is 0 Å². The number of rotatable bonds is 7. The van der Waals surface area contributed by atoms with Gasteiger partial charge in [0, 0.05) is 23.1 Å². The molecule has 0 atom stereocenters. The second-order valence-electron chi connectivity index (χ2n) is 7.55. The van der Waals surface area contributed by atoms with E-state index in [1.54, 1.807) is 0 Å². The Balaban J connectivity index is 1.88. The molecule has 0 radical (unpaired) electrons. The minimum Gasteiger partial charge on any atom is -0.369 e. The molecule has 3 nitrogen and oxygen atoms in total. The molecule has 146 valence electrons. The molecule has 1 heterocycles. The highest BCUT2D eigenvalue weighted by atomic mass is 15.1. The van der Waals surface area contributed by atoms with Gasteiger partial charge in [-0.2, -0.15) is 0 Å². The number of benzene rings is 3. The highest BCUT2D eigenvalue weighted by molar-refractivity contribution is 6.07. The van der Waals surface area contributed by atoms with Gasteiger partial charge >= 0.3 is 0 Å². The summed E-state index contributed by atoms with van der Waals surface area (Å²) in [7, 11) is 4.21. The molecule has 0 unspecified atom stereocenters. The summed E-state index contributed by atoms with van der Waals surface area (Å²) in [6.07, 6.45) is 1.07. The molecule has 0 fully saturated rings. The summed E-state index contributed by atoms with van der Waals surface area (Å²) < 4.78 is 0. The Morgan fingerprint density at radius 3 is 1.97 bits per heavy atom. The van der Waals surface area contributed by atoms with Crippen molar-refractivity contribution in [2.45, 2.75) is 6.42 Å². The van der Waals surface area contributed by atoms with E-state index in [2.05, 4.69) is 103 Å². The average molecular weight is 382 g/mol. The van der Waals surface area contributed by atoms with Gasteiger partial charge in [-0.15, -0.1) is 0 Å². The number of hydrogen-bond donors (Lipinski definition) is 1. The van der Waals surface area contributed by atoms with Gasteiger partial charge in [-0.25, -0.2) is 4.98 Å². The minimum atomic E-state index is 0.897. The number of pyridine rings is 1. The Morgan fingerprint density at radius 2 is 1.31 bits per heavy atom.